The van der Waals surface area contributed by atoms with Gasteiger partial charge in [-0.2, -0.15) is 0 Å². The van der Waals surface area contributed by atoms with Crippen LogP contribution in [-0.2, 0) is 14.3 Å². The van der Waals surface area contributed by atoms with E-state index < -0.39 is 24.0 Å². The molecule has 0 saturated carbocycles. The lowest BCUT2D eigenvalue weighted by molar-refractivity contribution is -0.146. The van der Waals surface area contributed by atoms with Crippen LogP contribution >= 0.6 is 0 Å². The van der Waals surface area contributed by atoms with Gasteiger partial charge in [0.25, 0.3) is 0 Å². The second kappa shape index (κ2) is 9.72. The molecule has 0 radical (unpaired) electrons. The maximum atomic E-state index is 11.7. The normalized spacial score (nSPS) is 14.4. The van der Waals surface area contributed by atoms with E-state index in [1.165, 1.54) is 0 Å². The van der Waals surface area contributed by atoms with E-state index in [9.17, 15) is 9.59 Å². The molecule has 0 heterocycles. The number of hydrogen-bond acceptors (Lipinski definition) is 4. The van der Waals surface area contributed by atoms with Crippen LogP contribution in [0.25, 0.3) is 0 Å². The van der Waals surface area contributed by atoms with E-state index in [0.29, 0.717) is 0 Å². The number of amides is 1. The molecule has 0 rings (SSSR count). The Balaban J connectivity index is 4.26. The van der Waals surface area contributed by atoms with Gasteiger partial charge in [0, 0.05) is 0 Å². The molecule has 0 aliphatic rings. The molecular weight excluding hydrogens is 268 g/mol. The van der Waals surface area contributed by atoms with E-state index in [4.69, 9.17) is 10.5 Å². The van der Waals surface area contributed by atoms with E-state index in [2.05, 4.69) is 18.5 Å². The Morgan fingerprint density at radius 2 is 2.00 bits per heavy atom. The first-order chi connectivity index (χ1) is 9.77. The van der Waals surface area contributed by atoms with Crippen LogP contribution in [0, 0.1) is 0 Å². The Morgan fingerprint density at radius 1 is 1.38 bits per heavy atom. The second-order valence-corrected chi connectivity index (χ2v) is 4.78. The van der Waals surface area contributed by atoms with E-state index in [-0.39, 0.29) is 6.61 Å². The number of ether oxygens (including phenoxy) is 1. The number of carbonyl (C=O) groups excluding carboxylic acids is 2. The molecule has 0 aromatic rings. The van der Waals surface area contributed by atoms with Gasteiger partial charge in [-0.05, 0) is 31.9 Å². The topological polar surface area (TPSA) is 81.4 Å². The van der Waals surface area contributed by atoms with Crippen LogP contribution in [-0.4, -0.2) is 30.6 Å². The summed E-state index contributed by atoms with van der Waals surface area (Å²) in [6.45, 7) is 12.4. The summed E-state index contributed by atoms with van der Waals surface area (Å²) >= 11 is 0. The van der Waals surface area contributed by atoms with Crippen molar-refractivity contribution in [1.29, 1.82) is 0 Å². The van der Waals surface area contributed by atoms with Gasteiger partial charge in [-0.1, -0.05) is 37.5 Å². The highest BCUT2D eigenvalue weighted by Gasteiger charge is 2.18. The summed E-state index contributed by atoms with van der Waals surface area (Å²) in [5.74, 6) is -0.895. The van der Waals surface area contributed by atoms with Crippen molar-refractivity contribution < 1.29 is 14.3 Å². The Bertz CT molecular complexity index is 462. The Kier molecular flexibility index (Phi) is 8.73. The van der Waals surface area contributed by atoms with Crippen molar-refractivity contribution in [1.82, 2.24) is 5.32 Å². The van der Waals surface area contributed by atoms with E-state index in [1.54, 1.807) is 32.1 Å². The van der Waals surface area contributed by atoms with Crippen molar-refractivity contribution in [2.45, 2.75) is 32.9 Å². The van der Waals surface area contributed by atoms with Crippen LogP contribution in [0.3, 0.4) is 0 Å². The highest BCUT2D eigenvalue weighted by molar-refractivity contribution is 5.86. The molecule has 0 bridgehead atoms. The molecule has 0 saturated heterocycles. The molecule has 0 aromatic heterocycles. The molecule has 0 unspecified atom stereocenters. The van der Waals surface area contributed by atoms with Crippen LogP contribution in [0.1, 0.15) is 20.8 Å². The largest absolute Gasteiger partial charge is 0.460 e. The average Bonchev–Trinajstić information content (AvgIpc) is 2.43. The van der Waals surface area contributed by atoms with Gasteiger partial charge >= 0.3 is 5.97 Å². The number of nitrogens with one attached hydrogen (secondary N) is 1. The zero-order valence-electron chi connectivity index (χ0n) is 12.9. The monoisotopic (exact) mass is 292 g/mol. The maximum absolute atomic E-state index is 11.7. The summed E-state index contributed by atoms with van der Waals surface area (Å²) in [7, 11) is 0. The fourth-order valence-corrected chi connectivity index (χ4v) is 1.17. The summed E-state index contributed by atoms with van der Waals surface area (Å²) in [4.78, 5) is 23.0. The Hall–Kier alpha value is -2.14. The van der Waals surface area contributed by atoms with Gasteiger partial charge in [-0.25, -0.2) is 4.79 Å². The Labute approximate surface area is 126 Å². The highest BCUT2D eigenvalue weighted by atomic mass is 16.5. The zero-order chi connectivity index (χ0) is 16.4. The smallest absolute Gasteiger partial charge is 0.328 e. The molecule has 3 N–H and O–H groups in total. The van der Waals surface area contributed by atoms with Crippen LogP contribution in [0.15, 0.2) is 48.6 Å². The summed E-state index contributed by atoms with van der Waals surface area (Å²) in [5.41, 5.74) is 7.06. The lowest BCUT2D eigenvalue weighted by atomic mass is 10.2. The summed E-state index contributed by atoms with van der Waals surface area (Å²) < 4.78 is 5.09. The summed E-state index contributed by atoms with van der Waals surface area (Å²) in [6.07, 6.45) is 7.05. The third kappa shape index (κ3) is 8.60. The first-order valence-corrected chi connectivity index (χ1v) is 6.65. The molecule has 0 aliphatic heterocycles. The number of allylic oxidation sites excluding steroid dienone is 5. The molecule has 0 aliphatic carbocycles. The van der Waals surface area contributed by atoms with Crippen molar-refractivity contribution in [2.24, 2.45) is 5.73 Å². The van der Waals surface area contributed by atoms with Crippen LogP contribution in [0.4, 0.5) is 0 Å². The number of nitrogens with two attached hydrogens (primary N) is 1. The third-order valence-electron chi connectivity index (χ3n) is 2.52. The minimum atomic E-state index is -0.729. The molecule has 5 nitrogen and oxygen atoms in total. The van der Waals surface area contributed by atoms with Crippen molar-refractivity contribution in [3.63, 3.8) is 0 Å². The van der Waals surface area contributed by atoms with Gasteiger partial charge in [-0.15, -0.1) is 0 Å². The van der Waals surface area contributed by atoms with Crippen LogP contribution in [0.2, 0.25) is 0 Å². The predicted molar refractivity (Wildman–Crippen MR) is 84.4 cm³/mol. The van der Waals surface area contributed by atoms with Gasteiger partial charge in [0.2, 0.25) is 5.91 Å². The third-order valence-corrected chi connectivity index (χ3v) is 2.52. The van der Waals surface area contributed by atoms with Crippen LogP contribution in [0.5, 0.6) is 0 Å². The van der Waals surface area contributed by atoms with Gasteiger partial charge in [-0.3, -0.25) is 4.79 Å². The van der Waals surface area contributed by atoms with E-state index >= 15 is 0 Å². The average molecular weight is 292 g/mol. The first-order valence-electron chi connectivity index (χ1n) is 6.65. The summed E-state index contributed by atoms with van der Waals surface area (Å²) in [6, 6.07) is -1.39. The molecule has 5 heteroatoms. The first kappa shape index (κ1) is 18.9. The van der Waals surface area contributed by atoms with Crippen molar-refractivity contribution in [3.8, 4) is 0 Å². The SMILES string of the molecule is C=CC(=C)C=CC=C(C)COC(=O)[C@H](C)NC(=O)[C@H](C)N. The fraction of sp³-hybridized carbons (Fsp3) is 0.375. The Morgan fingerprint density at radius 3 is 2.52 bits per heavy atom. The lowest BCUT2D eigenvalue weighted by Crippen LogP contribution is -2.46. The number of esters is 1. The number of rotatable bonds is 8. The molecule has 1 amide bonds. The van der Waals surface area contributed by atoms with Crippen molar-refractivity contribution in [2.75, 3.05) is 6.61 Å². The molecule has 116 valence electrons. The second-order valence-electron chi connectivity index (χ2n) is 4.78. The fourth-order valence-electron chi connectivity index (χ4n) is 1.17. The molecule has 0 aromatic carbocycles. The predicted octanol–water partition coefficient (Wildman–Crippen LogP) is 1.63. The van der Waals surface area contributed by atoms with Gasteiger partial charge in [0.1, 0.15) is 12.6 Å². The summed E-state index contributed by atoms with van der Waals surface area (Å²) in [5, 5.41) is 2.47. The molecule has 2 atom stereocenters. The maximum Gasteiger partial charge on any atom is 0.328 e. The van der Waals surface area contributed by atoms with Crippen molar-refractivity contribution in [3.05, 3.63) is 48.6 Å². The van der Waals surface area contributed by atoms with Crippen LogP contribution < -0.4 is 11.1 Å². The van der Waals surface area contributed by atoms with Crippen molar-refractivity contribution >= 4 is 11.9 Å². The number of carbonyl (C=O) groups is 2. The highest BCUT2D eigenvalue weighted by Crippen LogP contribution is 1.99. The number of hydrogen-bond donors (Lipinski definition) is 2. The lowest BCUT2D eigenvalue weighted by Gasteiger charge is -2.14. The van der Waals surface area contributed by atoms with E-state index in [0.717, 1.165) is 11.1 Å². The minimum absolute atomic E-state index is 0.155. The molecule has 21 heavy (non-hydrogen) atoms. The minimum Gasteiger partial charge on any atom is -0.460 e. The molecular formula is C16H24N2O3. The van der Waals surface area contributed by atoms with Gasteiger partial charge in [0.05, 0.1) is 6.04 Å². The molecule has 0 spiro atoms. The molecule has 0 fully saturated rings. The van der Waals surface area contributed by atoms with Gasteiger partial charge < -0.3 is 15.8 Å². The standard InChI is InChI=1S/C16H24N2O3/c1-6-11(2)8-7-9-12(3)10-21-16(20)14(5)18-15(19)13(4)17/h6-9,13-14H,1-2,10,17H2,3-5H3,(H,18,19)/t13-,14-/m0/s1. The van der Waals surface area contributed by atoms with Gasteiger partial charge in [0.15, 0.2) is 0 Å². The van der Waals surface area contributed by atoms with E-state index in [1.807, 2.05) is 13.0 Å². The quantitative estimate of drug-likeness (QED) is 0.526. The zero-order valence-corrected chi connectivity index (χ0v) is 12.9.